The number of nitrogens with zero attached hydrogens (tertiary/aromatic N) is 1. The van der Waals surface area contributed by atoms with Gasteiger partial charge in [0.25, 0.3) is 0 Å². The van der Waals surface area contributed by atoms with Crippen molar-refractivity contribution in [2.24, 2.45) is 5.10 Å². The van der Waals surface area contributed by atoms with Crippen LogP contribution in [0.25, 0.3) is 0 Å². The van der Waals surface area contributed by atoms with E-state index in [2.05, 4.69) is 10.5 Å². The largest absolute Gasteiger partial charge is 0.272 e. The maximum atomic E-state index is 11.7. The van der Waals surface area contributed by atoms with Gasteiger partial charge in [0, 0.05) is 15.8 Å². The van der Waals surface area contributed by atoms with Gasteiger partial charge in [-0.3, -0.25) is 4.79 Å². The summed E-state index contributed by atoms with van der Waals surface area (Å²) in [6, 6.07) is 14.8. The topological polar surface area (TPSA) is 41.5 Å². The number of carbonyl (C=O) groups is 1. The molecule has 2 aromatic carbocycles. The number of hydrogen-bond donors (Lipinski definition) is 1. The number of thioether (sulfide) groups is 1. The summed E-state index contributed by atoms with van der Waals surface area (Å²) >= 11 is 13.3. The zero-order valence-electron chi connectivity index (χ0n) is 11.6. The highest BCUT2D eigenvalue weighted by atomic mass is 35.5. The van der Waals surface area contributed by atoms with Crippen LogP contribution in [0, 0.1) is 0 Å². The van der Waals surface area contributed by atoms with Crippen molar-refractivity contribution >= 4 is 47.1 Å². The number of rotatable bonds is 6. The Hall–Kier alpha value is -1.49. The van der Waals surface area contributed by atoms with Gasteiger partial charge in [-0.25, -0.2) is 5.43 Å². The van der Waals surface area contributed by atoms with Gasteiger partial charge in [0.2, 0.25) is 5.91 Å². The molecule has 0 radical (unpaired) electrons. The van der Waals surface area contributed by atoms with Gasteiger partial charge in [-0.15, -0.1) is 11.8 Å². The minimum absolute atomic E-state index is 0.148. The van der Waals surface area contributed by atoms with Gasteiger partial charge in [-0.2, -0.15) is 5.10 Å². The van der Waals surface area contributed by atoms with Crippen molar-refractivity contribution in [2.45, 2.75) is 5.75 Å². The van der Waals surface area contributed by atoms with Crippen LogP contribution < -0.4 is 5.43 Å². The van der Waals surface area contributed by atoms with Crippen LogP contribution in [-0.2, 0) is 10.5 Å². The van der Waals surface area contributed by atoms with E-state index < -0.39 is 0 Å². The lowest BCUT2D eigenvalue weighted by Gasteiger charge is -2.02. The molecule has 0 spiro atoms. The molecular weight excluding hydrogens is 339 g/mol. The summed E-state index contributed by atoms with van der Waals surface area (Å²) in [6.07, 6.45) is 1.56. The van der Waals surface area contributed by atoms with Crippen LogP contribution in [0.2, 0.25) is 10.0 Å². The number of hydrazone groups is 1. The number of nitrogens with one attached hydrogen (secondary N) is 1. The van der Waals surface area contributed by atoms with E-state index in [0.717, 1.165) is 16.9 Å². The molecule has 0 heterocycles. The number of carbonyl (C=O) groups excluding carboxylic acids is 1. The number of amides is 1. The van der Waals surface area contributed by atoms with E-state index in [9.17, 15) is 4.79 Å². The molecule has 0 aromatic heterocycles. The van der Waals surface area contributed by atoms with Crippen LogP contribution in [0.5, 0.6) is 0 Å². The number of hydrogen-bond acceptors (Lipinski definition) is 3. The number of benzene rings is 2. The average molecular weight is 353 g/mol. The molecule has 114 valence electrons. The predicted molar refractivity (Wildman–Crippen MR) is 94.8 cm³/mol. The fourth-order valence-corrected chi connectivity index (χ4v) is 2.87. The molecule has 0 saturated carbocycles. The predicted octanol–water partition coefficient (Wildman–Crippen LogP) is 4.38. The van der Waals surface area contributed by atoms with Gasteiger partial charge in [0.15, 0.2) is 0 Å². The summed E-state index contributed by atoms with van der Waals surface area (Å²) < 4.78 is 0. The molecule has 0 saturated heterocycles. The molecule has 0 unspecified atom stereocenters. The zero-order chi connectivity index (χ0) is 15.8. The molecule has 2 aromatic rings. The van der Waals surface area contributed by atoms with Crippen molar-refractivity contribution in [1.29, 1.82) is 0 Å². The van der Waals surface area contributed by atoms with E-state index in [1.54, 1.807) is 18.3 Å². The fourth-order valence-electron chi connectivity index (χ4n) is 1.69. The summed E-state index contributed by atoms with van der Waals surface area (Å²) in [7, 11) is 0. The quantitative estimate of drug-likeness (QED) is 0.619. The van der Waals surface area contributed by atoms with Gasteiger partial charge in [0.05, 0.1) is 12.0 Å². The van der Waals surface area contributed by atoms with E-state index in [0.29, 0.717) is 15.8 Å². The molecule has 3 nitrogen and oxygen atoms in total. The third-order valence-corrected chi connectivity index (χ3v) is 4.12. The van der Waals surface area contributed by atoms with Gasteiger partial charge in [-0.05, 0) is 35.4 Å². The summed E-state index contributed by atoms with van der Waals surface area (Å²) in [6.45, 7) is 0. The summed E-state index contributed by atoms with van der Waals surface area (Å²) in [4.78, 5) is 11.7. The lowest BCUT2D eigenvalue weighted by Crippen LogP contribution is -2.19. The minimum atomic E-state index is -0.148. The molecule has 22 heavy (non-hydrogen) atoms. The van der Waals surface area contributed by atoms with Gasteiger partial charge >= 0.3 is 0 Å². The van der Waals surface area contributed by atoms with Crippen molar-refractivity contribution in [3.63, 3.8) is 0 Å². The van der Waals surface area contributed by atoms with E-state index >= 15 is 0 Å². The Morgan fingerprint density at radius 1 is 1.14 bits per heavy atom. The van der Waals surface area contributed by atoms with Crippen LogP contribution >= 0.6 is 35.0 Å². The third-order valence-electron chi connectivity index (χ3n) is 2.64. The first-order valence-corrected chi connectivity index (χ1v) is 8.44. The second-order valence-corrected chi connectivity index (χ2v) is 6.33. The maximum absolute atomic E-state index is 11.7. The molecule has 0 aliphatic carbocycles. The lowest BCUT2D eigenvalue weighted by atomic mass is 10.2. The van der Waals surface area contributed by atoms with Crippen molar-refractivity contribution in [1.82, 2.24) is 5.43 Å². The second-order valence-electron chi connectivity index (χ2n) is 4.47. The van der Waals surface area contributed by atoms with E-state index in [-0.39, 0.29) is 5.91 Å². The third kappa shape index (κ3) is 6.10. The normalized spacial score (nSPS) is 10.8. The van der Waals surface area contributed by atoms with Gasteiger partial charge in [0.1, 0.15) is 0 Å². The van der Waals surface area contributed by atoms with Crippen molar-refractivity contribution in [3.8, 4) is 0 Å². The fraction of sp³-hybridized carbons (Fsp3) is 0.125. The zero-order valence-corrected chi connectivity index (χ0v) is 14.0. The average Bonchev–Trinajstić information content (AvgIpc) is 2.47. The van der Waals surface area contributed by atoms with Crippen molar-refractivity contribution in [3.05, 3.63) is 69.7 Å². The van der Waals surface area contributed by atoms with Gasteiger partial charge < -0.3 is 0 Å². The van der Waals surface area contributed by atoms with E-state index in [1.807, 2.05) is 36.4 Å². The summed E-state index contributed by atoms with van der Waals surface area (Å²) in [5, 5.41) is 5.24. The van der Waals surface area contributed by atoms with Crippen LogP contribution in [-0.4, -0.2) is 17.9 Å². The molecule has 0 bridgehead atoms. The van der Waals surface area contributed by atoms with Crippen LogP contribution in [0.15, 0.2) is 53.6 Å². The molecule has 1 amide bonds. The lowest BCUT2D eigenvalue weighted by molar-refractivity contribution is -0.118. The van der Waals surface area contributed by atoms with Gasteiger partial charge in [-0.1, -0.05) is 47.5 Å². The van der Waals surface area contributed by atoms with Crippen molar-refractivity contribution < 1.29 is 4.79 Å². The highest BCUT2D eigenvalue weighted by molar-refractivity contribution is 7.99. The van der Waals surface area contributed by atoms with E-state index in [4.69, 9.17) is 23.2 Å². The first-order valence-electron chi connectivity index (χ1n) is 6.53. The Bertz CT molecular complexity index is 677. The molecule has 0 atom stereocenters. The Morgan fingerprint density at radius 3 is 2.59 bits per heavy atom. The molecule has 1 N–H and O–H groups in total. The SMILES string of the molecule is O=C(CSCc1cccc(Cl)c1)N/N=C/c1cccc(Cl)c1. The van der Waals surface area contributed by atoms with Crippen LogP contribution in [0.3, 0.4) is 0 Å². The Labute approximate surface area is 143 Å². The summed E-state index contributed by atoms with van der Waals surface area (Å²) in [5.41, 5.74) is 4.41. The molecular formula is C16H14Cl2N2OS. The minimum Gasteiger partial charge on any atom is -0.272 e. The Morgan fingerprint density at radius 2 is 1.86 bits per heavy atom. The first-order chi connectivity index (χ1) is 10.6. The van der Waals surface area contributed by atoms with Crippen LogP contribution in [0.4, 0.5) is 0 Å². The highest BCUT2D eigenvalue weighted by Gasteiger charge is 2.01. The summed E-state index contributed by atoms with van der Waals surface area (Å²) in [5.74, 6) is 0.913. The first kappa shape index (κ1) is 16.9. The maximum Gasteiger partial charge on any atom is 0.250 e. The molecule has 0 aliphatic heterocycles. The Kier molecular flexibility index (Phi) is 6.77. The molecule has 6 heteroatoms. The van der Waals surface area contributed by atoms with Crippen molar-refractivity contribution in [2.75, 3.05) is 5.75 Å². The standard InChI is InChI=1S/C16H14Cl2N2OS/c17-14-5-1-3-12(7-14)9-19-20-16(21)11-22-10-13-4-2-6-15(18)8-13/h1-9H,10-11H2,(H,20,21)/b19-9+. The Balaban J connectivity index is 1.72. The number of halogens is 2. The molecule has 0 aliphatic rings. The molecule has 0 fully saturated rings. The smallest absolute Gasteiger partial charge is 0.250 e. The monoisotopic (exact) mass is 352 g/mol. The second kappa shape index (κ2) is 8.83. The van der Waals surface area contributed by atoms with Crippen LogP contribution in [0.1, 0.15) is 11.1 Å². The van der Waals surface area contributed by atoms with E-state index in [1.165, 1.54) is 11.8 Å². The highest BCUT2D eigenvalue weighted by Crippen LogP contribution is 2.16. The molecule has 2 rings (SSSR count).